The Morgan fingerprint density at radius 2 is 2.29 bits per heavy atom. The quantitative estimate of drug-likeness (QED) is 0.544. The van der Waals surface area contributed by atoms with E-state index in [4.69, 9.17) is 0 Å². The molecule has 0 saturated carbocycles. The molecule has 0 unspecified atom stereocenters. The van der Waals surface area contributed by atoms with Gasteiger partial charge in [-0.25, -0.2) is 0 Å². The fraction of sp³-hybridized carbons (Fsp3) is 0.600. The zero-order valence-electron chi connectivity index (χ0n) is 4.73. The Balaban J connectivity index is 3.00. The van der Waals surface area contributed by atoms with Gasteiger partial charge in [-0.2, -0.15) is 0 Å². The normalized spacial score (nSPS) is 8.86. The smallest absolute Gasteiger partial charge is 0.00758 e. The van der Waals surface area contributed by atoms with Gasteiger partial charge in [-0.05, 0) is 17.6 Å². The van der Waals surface area contributed by atoms with Crippen LogP contribution in [0, 0.1) is 0 Å². The molecule has 0 rings (SSSR count). The van der Waals surface area contributed by atoms with E-state index >= 15 is 0 Å². The van der Waals surface area contributed by atoms with E-state index < -0.39 is 0 Å². The van der Waals surface area contributed by atoms with Crippen LogP contribution >= 0.6 is 21.6 Å². The first-order valence-electron chi connectivity index (χ1n) is 2.19. The molecule has 0 amide bonds. The lowest BCUT2D eigenvalue weighted by Crippen LogP contribution is -1.60. The minimum Gasteiger partial charge on any atom is -0.0927 e. The first-order valence-corrected chi connectivity index (χ1v) is 4.75. The SMILES string of the molecule is C=C(CC)SSC. The molecular formula is C5H10S2. The Morgan fingerprint density at radius 3 is 2.43 bits per heavy atom. The highest BCUT2D eigenvalue weighted by molar-refractivity contribution is 8.77. The third-order valence-electron chi connectivity index (χ3n) is 0.596. The molecular weight excluding hydrogens is 124 g/mol. The van der Waals surface area contributed by atoms with Gasteiger partial charge in [-0.15, -0.1) is 0 Å². The largest absolute Gasteiger partial charge is 0.0927 e. The topological polar surface area (TPSA) is 0 Å². The van der Waals surface area contributed by atoms with Crippen molar-refractivity contribution >= 4 is 21.6 Å². The number of rotatable bonds is 3. The summed E-state index contributed by atoms with van der Waals surface area (Å²) < 4.78 is 0. The van der Waals surface area contributed by atoms with E-state index in [2.05, 4.69) is 19.8 Å². The highest BCUT2D eigenvalue weighted by atomic mass is 33.1. The molecule has 0 spiro atoms. The van der Waals surface area contributed by atoms with Crippen molar-refractivity contribution in [3.05, 3.63) is 11.5 Å². The van der Waals surface area contributed by atoms with Crippen molar-refractivity contribution in [2.75, 3.05) is 6.26 Å². The molecule has 0 nitrogen and oxygen atoms in total. The fourth-order valence-electron chi connectivity index (χ4n) is 0.177. The molecule has 7 heavy (non-hydrogen) atoms. The lowest BCUT2D eigenvalue weighted by atomic mass is 10.5. The molecule has 0 heterocycles. The summed E-state index contributed by atoms with van der Waals surface area (Å²) in [5.74, 6) is 0. The molecule has 0 aromatic heterocycles. The Kier molecular flexibility index (Phi) is 4.88. The summed E-state index contributed by atoms with van der Waals surface area (Å²) in [6.45, 7) is 5.92. The highest BCUT2D eigenvalue weighted by Gasteiger charge is 1.84. The lowest BCUT2D eigenvalue weighted by molar-refractivity contribution is 1.21. The van der Waals surface area contributed by atoms with Crippen LogP contribution in [0.3, 0.4) is 0 Å². The summed E-state index contributed by atoms with van der Waals surface area (Å²) >= 11 is 0. The Hall–Kier alpha value is 0.440. The van der Waals surface area contributed by atoms with Crippen molar-refractivity contribution in [3.63, 3.8) is 0 Å². The van der Waals surface area contributed by atoms with Crippen LogP contribution in [-0.4, -0.2) is 6.26 Å². The maximum atomic E-state index is 3.81. The van der Waals surface area contributed by atoms with Crippen LogP contribution < -0.4 is 0 Å². The third kappa shape index (κ3) is 4.29. The summed E-state index contributed by atoms with van der Waals surface area (Å²) in [4.78, 5) is 1.26. The van der Waals surface area contributed by atoms with Crippen LogP contribution in [0.4, 0.5) is 0 Å². The third-order valence-corrected chi connectivity index (χ3v) is 2.49. The van der Waals surface area contributed by atoms with Crippen molar-refractivity contribution in [3.8, 4) is 0 Å². The van der Waals surface area contributed by atoms with E-state index in [0.717, 1.165) is 6.42 Å². The van der Waals surface area contributed by atoms with Gasteiger partial charge in [0.15, 0.2) is 0 Å². The zero-order chi connectivity index (χ0) is 5.70. The van der Waals surface area contributed by atoms with E-state index in [9.17, 15) is 0 Å². The predicted molar refractivity (Wildman–Crippen MR) is 40.5 cm³/mol. The molecule has 42 valence electrons. The summed E-state index contributed by atoms with van der Waals surface area (Å²) in [7, 11) is 3.50. The number of hydrogen-bond acceptors (Lipinski definition) is 2. The van der Waals surface area contributed by atoms with Gasteiger partial charge in [-0.3, -0.25) is 0 Å². The number of allylic oxidation sites excluding steroid dienone is 1. The second-order valence-corrected chi connectivity index (χ2v) is 3.72. The molecule has 0 N–H and O–H groups in total. The fourth-order valence-corrected chi connectivity index (χ4v) is 1.59. The average Bonchev–Trinajstić information content (AvgIpc) is 1.68. The first kappa shape index (κ1) is 7.44. The summed E-state index contributed by atoms with van der Waals surface area (Å²) in [6, 6.07) is 0. The van der Waals surface area contributed by atoms with Crippen LogP contribution in [-0.2, 0) is 0 Å². The standard InChI is InChI=1S/C5H10S2/c1-4-5(2)7-6-3/h2,4H2,1,3H3. The molecule has 0 saturated heterocycles. The van der Waals surface area contributed by atoms with Crippen molar-refractivity contribution in [1.29, 1.82) is 0 Å². The van der Waals surface area contributed by atoms with Gasteiger partial charge in [-0.1, -0.05) is 35.1 Å². The van der Waals surface area contributed by atoms with Crippen LogP contribution in [0.2, 0.25) is 0 Å². The van der Waals surface area contributed by atoms with Crippen LogP contribution in [0.25, 0.3) is 0 Å². The Labute approximate surface area is 53.2 Å². The van der Waals surface area contributed by atoms with E-state index in [-0.39, 0.29) is 0 Å². The van der Waals surface area contributed by atoms with Gasteiger partial charge in [0.1, 0.15) is 0 Å². The van der Waals surface area contributed by atoms with Gasteiger partial charge in [0.05, 0.1) is 0 Å². The zero-order valence-corrected chi connectivity index (χ0v) is 6.36. The van der Waals surface area contributed by atoms with E-state index in [1.165, 1.54) is 4.91 Å². The predicted octanol–water partition coefficient (Wildman–Crippen LogP) is 2.92. The average molecular weight is 134 g/mol. The van der Waals surface area contributed by atoms with Crippen molar-refractivity contribution < 1.29 is 0 Å². The summed E-state index contributed by atoms with van der Waals surface area (Å²) in [5, 5.41) is 0. The molecule has 0 aliphatic rings. The van der Waals surface area contributed by atoms with Gasteiger partial charge < -0.3 is 0 Å². The second-order valence-electron chi connectivity index (χ2n) is 1.14. The molecule has 0 aromatic carbocycles. The molecule has 0 aliphatic carbocycles. The van der Waals surface area contributed by atoms with E-state index in [1.54, 1.807) is 21.6 Å². The summed E-state index contributed by atoms with van der Waals surface area (Å²) in [6.07, 6.45) is 3.15. The number of hydrogen-bond donors (Lipinski definition) is 0. The van der Waals surface area contributed by atoms with E-state index in [1.807, 2.05) is 0 Å². The molecule has 0 fully saturated rings. The molecule has 2 heteroatoms. The van der Waals surface area contributed by atoms with Crippen molar-refractivity contribution in [1.82, 2.24) is 0 Å². The second kappa shape index (κ2) is 4.60. The van der Waals surface area contributed by atoms with Gasteiger partial charge in [0, 0.05) is 0 Å². The van der Waals surface area contributed by atoms with E-state index in [0.29, 0.717) is 0 Å². The molecule has 0 bridgehead atoms. The van der Waals surface area contributed by atoms with Crippen molar-refractivity contribution in [2.45, 2.75) is 13.3 Å². The van der Waals surface area contributed by atoms with Crippen LogP contribution in [0.15, 0.2) is 11.5 Å². The summed E-state index contributed by atoms with van der Waals surface area (Å²) in [5.41, 5.74) is 0. The van der Waals surface area contributed by atoms with Gasteiger partial charge >= 0.3 is 0 Å². The van der Waals surface area contributed by atoms with Gasteiger partial charge in [0.25, 0.3) is 0 Å². The highest BCUT2D eigenvalue weighted by Crippen LogP contribution is 2.27. The Bertz CT molecular complexity index is 59.1. The molecule has 0 aromatic rings. The monoisotopic (exact) mass is 134 g/mol. The lowest BCUT2D eigenvalue weighted by Gasteiger charge is -1.92. The van der Waals surface area contributed by atoms with Crippen molar-refractivity contribution in [2.24, 2.45) is 0 Å². The minimum absolute atomic E-state index is 1.09. The molecule has 0 aliphatic heterocycles. The van der Waals surface area contributed by atoms with Crippen LogP contribution in [0.5, 0.6) is 0 Å². The maximum Gasteiger partial charge on any atom is -0.00758 e. The Morgan fingerprint density at radius 1 is 1.71 bits per heavy atom. The van der Waals surface area contributed by atoms with Gasteiger partial charge in [0.2, 0.25) is 0 Å². The minimum atomic E-state index is 1.09. The first-order chi connectivity index (χ1) is 3.31. The maximum absolute atomic E-state index is 3.81. The molecule has 0 atom stereocenters. The van der Waals surface area contributed by atoms with Crippen LogP contribution in [0.1, 0.15) is 13.3 Å². The molecule has 0 radical (unpaired) electrons.